The van der Waals surface area contributed by atoms with Crippen LogP contribution >= 0.6 is 12.4 Å². The smallest absolute Gasteiger partial charge is 0.257 e. The van der Waals surface area contributed by atoms with Crippen molar-refractivity contribution in [3.8, 4) is 0 Å². The van der Waals surface area contributed by atoms with Gasteiger partial charge in [-0.05, 0) is 37.5 Å². The average Bonchev–Trinajstić information content (AvgIpc) is 2.01. The third-order valence-corrected chi connectivity index (χ3v) is 2.34. The summed E-state index contributed by atoms with van der Waals surface area (Å²) in [6.45, 7) is 5.58. The van der Waals surface area contributed by atoms with Gasteiger partial charge in [-0.1, -0.05) is 17.7 Å². The molecule has 0 heterocycles. The highest BCUT2D eigenvalue weighted by molar-refractivity contribution is 5.85. The van der Waals surface area contributed by atoms with Crippen LogP contribution in [0.5, 0.6) is 0 Å². The molecule has 0 aliphatic carbocycles. The molecule has 4 heteroatoms. The van der Waals surface area contributed by atoms with E-state index in [0.29, 0.717) is 5.56 Å². The van der Waals surface area contributed by atoms with Crippen molar-refractivity contribution in [2.24, 2.45) is 5.73 Å². The zero-order valence-corrected chi connectivity index (χ0v) is 9.87. The van der Waals surface area contributed by atoms with E-state index in [2.05, 4.69) is 0 Å². The highest BCUT2D eigenvalue weighted by Gasteiger charge is 2.21. The molecule has 0 aliphatic rings. The molecular formula is C11H16ClF2N. The quantitative estimate of drug-likeness (QED) is 0.836. The van der Waals surface area contributed by atoms with Gasteiger partial charge in [0, 0.05) is 0 Å². The van der Waals surface area contributed by atoms with Gasteiger partial charge in [-0.3, -0.25) is 0 Å². The Kier molecular flexibility index (Phi) is 5.18. The first-order valence-corrected chi connectivity index (χ1v) is 4.55. The first kappa shape index (κ1) is 14.3. The SMILES string of the molecule is Cc1cc(C)c([C@@H](N)C(F)F)c(C)c1.Cl. The first-order chi connectivity index (χ1) is 6.43. The number of rotatable bonds is 2. The van der Waals surface area contributed by atoms with Crippen LogP contribution in [0.25, 0.3) is 0 Å². The van der Waals surface area contributed by atoms with E-state index in [1.54, 1.807) is 0 Å². The summed E-state index contributed by atoms with van der Waals surface area (Å²) in [7, 11) is 0. The van der Waals surface area contributed by atoms with Gasteiger partial charge >= 0.3 is 0 Å². The summed E-state index contributed by atoms with van der Waals surface area (Å²) in [5, 5.41) is 0. The van der Waals surface area contributed by atoms with Crippen LogP contribution in [-0.2, 0) is 0 Å². The van der Waals surface area contributed by atoms with Gasteiger partial charge in [-0.15, -0.1) is 12.4 Å². The molecule has 0 bridgehead atoms. The van der Waals surface area contributed by atoms with Crippen LogP contribution in [0.3, 0.4) is 0 Å². The second-order valence-electron chi connectivity index (χ2n) is 3.67. The summed E-state index contributed by atoms with van der Waals surface area (Å²) in [6.07, 6.45) is -2.50. The number of hydrogen-bond acceptors (Lipinski definition) is 1. The van der Waals surface area contributed by atoms with Gasteiger partial charge in [-0.2, -0.15) is 0 Å². The Hall–Kier alpha value is -0.670. The van der Waals surface area contributed by atoms with Crippen molar-refractivity contribution in [1.82, 2.24) is 0 Å². The Balaban J connectivity index is 0.00000196. The lowest BCUT2D eigenvalue weighted by atomic mass is 9.95. The number of alkyl halides is 2. The standard InChI is InChI=1S/C11H15F2N.ClH/c1-6-4-7(2)9(8(3)5-6)10(14)11(12)13;/h4-5,10-11H,14H2,1-3H3;1H/t10-;/m1./s1. The molecule has 0 unspecified atom stereocenters. The van der Waals surface area contributed by atoms with E-state index in [9.17, 15) is 8.78 Å². The minimum Gasteiger partial charge on any atom is -0.319 e. The van der Waals surface area contributed by atoms with Gasteiger partial charge in [0.25, 0.3) is 6.43 Å². The second-order valence-corrected chi connectivity index (χ2v) is 3.67. The minimum absolute atomic E-state index is 0. The van der Waals surface area contributed by atoms with Gasteiger partial charge in [-0.25, -0.2) is 8.78 Å². The van der Waals surface area contributed by atoms with Crippen LogP contribution in [0.2, 0.25) is 0 Å². The monoisotopic (exact) mass is 235 g/mol. The molecule has 0 saturated heterocycles. The van der Waals surface area contributed by atoms with Crippen LogP contribution in [0.4, 0.5) is 8.78 Å². The molecule has 0 fully saturated rings. The second kappa shape index (κ2) is 5.42. The summed E-state index contributed by atoms with van der Waals surface area (Å²) in [5.74, 6) is 0. The van der Waals surface area contributed by atoms with Gasteiger partial charge in [0.15, 0.2) is 0 Å². The summed E-state index contributed by atoms with van der Waals surface area (Å²) in [4.78, 5) is 0. The van der Waals surface area contributed by atoms with E-state index >= 15 is 0 Å². The lowest BCUT2D eigenvalue weighted by Gasteiger charge is -2.17. The fraction of sp³-hybridized carbons (Fsp3) is 0.455. The maximum Gasteiger partial charge on any atom is 0.257 e. The number of halogens is 3. The van der Waals surface area contributed by atoms with E-state index in [0.717, 1.165) is 16.7 Å². The molecule has 0 aromatic heterocycles. The molecular weight excluding hydrogens is 220 g/mol. The third kappa shape index (κ3) is 3.14. The van der Waals surface area contributed by atoms with Crippen LogP contribution in [-0.4, -0.2) is 6.43 Å². The predicted octanol–water partition coefficient (Wildman–Crippen LogP) is 3.30. The number of nitrogens with two attached hydrogens (primary N) is 1. The van der Waals surface area contributed by atoms with Crippen molar-refractivity contribution in [2.45, 2.75) is 33.2 Å². The van der Waals surface area contributed by atoms with Crippen molar-refractivity contribution < 1.29 is 8.78 Å². The number of hydrogen-bond donors (Lipinski definition) is 1. The van der Waals surface area contributed by atoms with Gasteiger partial charge < -0.3 is 5.73 Å². The lowest BCUT2D eigenvalue weighted by molar-refractivity contribution is 0.116. The summed E-state index contributed by atoms with van der Waals surface area (Å²) < 4.78 is 24.9. The van der Waals surface area contributed by atoms with Crippen LogP contribution in [0, 0.1) is 20.8 Å². The maximum atomic E-state index is 12.4. The summed E-state index contributed by atoms with van der Waals surface area (Å²) in [6, 6.07) is 2.59. The molecule has 1 nitrogen and oxygen atoms in total. The zero-order valence-electron chi connectivity index (χ0n) is 9.05. The Bertz CT molecular complexity index is 316. The molecule has 86 valence electrons. The fourth-order valence-electron chi connectivity index (χ4n) is 1.84. The largest absolute Gasteiger partial charge is 0.319 e. The van der Waals surface area contributed by atoms with E-state index in [1.807, 2.05) is 32.9 Å². The summed E-state index contributed by atoms with van der Waals surface area (Å²) in [5.41, 5.74) is 8.77. The summed E-state index contributed by atoms with van der Waals surface area (Å²) >= 11 is 0. The van der Waals surface area contributed by atoms with Crippen LogP contribution in [0.1, 0.15) is 28.3 Å². The number of benzene rings is 1. The van der Waals surface area contributed by atoms with Crippen molar-refractivity contribution in [2.75, 3.05) is 0 Å². The molecule has 0 radical (unpaired) electrons. The van der Waals surface area contributed by atoms with E-state index in [-0.39, 0.29) is 12.4 Å². The van der Waals surface area contributed by atoms with Crippen molar-refractivity contribution in [1.29, 1.82) is 0 Å². The lowest BCUT2D eigenvalue weighted by Crippen LogP contribution is -2.21. The molecule has 0 saturated carbocycles. The molecule has 0 amide bonds. The van der Waals surface area contributed by atoms with E-state index in [1.165, 1.54) is 0 Å². The van der Waals surface area contributed by atoms with Crippen molar-refractivity contribution >= 4 is 12.4 Å². The molecule has 1 aromatic carbocycles. The molecule has 0 aliphatic heterocycles. The Morgan fingerprint density at radius 3 is 1.80 bits per heavy atom. The van der Waals surface area contributed by atoms with Crippen molar-refractivity contribution in [3.63, 3.8) is 0 Å². The molecule has 15 heavy (non-hydrogen) atoms. The predicted molar refractivity (Wildman–Crippen MR) is 60.8 cm³/mol. The fourth-order valence-corrected chi connectivity index (χ4v) is 1.84. The van der Waals surface area contributed by atoms with E-state index in [4.69, 9.17) is 5.73 Å². The Morgan fingerprint density at radius 2 is 1.47 bits per heavy atom. The highest BCUT2D eigenvalue weighted by Crippen LogP contribution is 2.25. The topological polar surface area (TPSA) is 26.0 Å². The molecule has 1 atom stereocenters. The van der Waals surface area contributed by atoms with Crippen molar-refractivity contribution in [3.05, 3.63) is 34.4 Å². The normalized spacial score (nSPS) is 12.5. The first-order valence-electron chi connectivity index (χ1n) is 4.55. The highest BCUT2D eigenvalue weighted by atomic mass is 35.5. The zero-order chi connectivity index (χ0) is 10.9. The van der Waals surface area contributed by atoms with Gasteiger partial charge in [0.2, 0.25) is 0 Å². The third-order valence-electron chi connectivity index (χ3n) is 2.34. The van der Waals surface area contributed by atoms with Gasteiger partial charge in [0.1, 0.15) is 0 Å². The number of aryl methyl sites for hydroxylation is 3. The van der Waals surface area contributed by atoms with Crippen LogP contribution < -0.4 is 5.73 Å². The molecule has 1 aromatic rings. The Morgan fingerprint density at radius 1 is 1.07 bits per heavy atom. The van der Waals surface area contributed by atoms with E-state index < -0.39 is 12.5 Å². The Labute approximate surface area is 95.1 Å². The molecule has 2 N–H and O–H groups in total. The average molecular weight is 236 g/mol. The van der Waals surface area contributed by atoms with Gasteiger partial charge in [0.05, 0.1) is 6.04 Å². The minimum atomic E-state index is -2.50. The molecule has 0 spiro atoms. The molecule has 1 rings (SSSR count). The maximum absolute atomic E-state index is 12.4. The van der Waals surface area contributed by atoms with Crippen LogP contribution in [0.15, 0.2) is 12.1 Å².